The van der Waals surface area contributed by atoms with Gasteiger partial charge in [0.1, 0.15) is 0 Å². The van der Waals surface area contributed by atoms with Gasteiger partial charge >= 0.3 is 6.03 Å². The van der Waals surface area contributed by atoms with Gasteiger partial charge in [-0.3, -0.25) is 0 Å². The van der Waals surface area contributed by atoms with Crippen LogP contribution in [-0.2, 0) is 13.1 Å². The van der Waals surface area contributed by atoms with Crippen LogP contribution in [0.5, 0.6) is 0 Å². The third-order valence-corrected chi connectivity index (χ3v) is 3.05. The number of carbonyl (C=O) groups is 1. The first-order chi connectivity index (χ1) is 9.69. The summed E-state index contributed by atoms with van der Waals surface area (Å²) in [6.07, 6.45) is 0. The van der Waals surface area contributed by atoms with Crippen LogP contribution >= 0.6 is 0 Å². The van der Waals surface area contributed by atoms with Crippen LogP contribution in [0.4, 0.5) is 10.5 Å². The summed E-state index contributed by atoms with van der Waals surface area (Å²) in [5, 5.41) is 2.86. The first kappa shape index (κ1) is 14.1. The third-order valence-electron chi connectivity index (χ3n) is 3.05. The van der Waals surface area contributed by atoms with E-state index in [1.165, 1.54) is 0 Å². The fourth-order valence-corrected chi connectivity index (χ4v) is 1.87. The van der Waals surface area contributed by atoms with Crippen LogP contribution < -0.4 is 11.1 Å². The lowest BCUT2D eigenvalue weighted by Gasteiger charge is -2.18. The SMILES string of the molecule is CN(Cc1ccccc1)C(=O)Nc1ccc(CN)cc1. The number of anilines is 1. The fraction of sp³-hybridized carbons (Fsp3) is 0.188. The normalized spacial score (nSPS) is 10.1. The summed E-state index contributed by atoms with van der Waals surface area (Å²) in [5.74, 6) is 0. The van der Waals surface area contributed by atoms with Gasteiger partial charge < -0.3 is 16.0 Å². The zero-order valence-corrected chi connectivity index (χ0v) is 11.5. The molecule has 0 bridgehead atoms. The van der Waals surface area contributed by atoms with E-state index in [4.69, 9.17) is 5.73 Å². The number of nitrogens with two attached hydrogens (primary N) is 1. The van der Waals surface area contributed by atoms with Gasteiger partial charge in [0.25, 0.3) is 0 Å². The molecule has 0 saturated carbocycles. The lowest BCUT2D eigenvalue weighted by atomic mass is 10.2. The van der Waals surface area contributed by atoms with Gasteiger partial charge in [-0.25, -0.2) is 4.79 Å². The molecule has 0 radical (unpaired) electrons. The Bertz CT molecular complexity index is 552. The number of hydrogen-bond donors (Lipinski definition) is 2. The zero-order valence-electron chi connectivity index (χ0n) is 11.5. The van der Waals surface area contributed by atoms with Crippen molar-refractivity contribution in [3.05, 3.63) is 65.7 Å². The zero-order chi connectivity index (χ0) is 14.4. The molecule has 2 aromatic rings. The van der Waals surface area contributed by atoms with E-state index < -0.39 is 0 Å². The molecule has 4 nitrogen and oxygen atoms in total. The first-order valence-corrected chi connectivity index (χ1v) is 6.54. The molecule has 0 aliphatic heterocycles. The van der Waals surface area contributed by atoms with Crippen molar-refractivity contribution in [2.75, 3.05) is 12.4 Å². The smallest absolute Gasteiger partial charge is 0.321 e. The van der Waals surface area contributed by atoms with Crippen molar-refractivity contribution in [2.24, 2.45) is 5.73 Å². The van der Waals surface area contributed by atoms with E-state index in [0.717, 1.165) is 16.8 Å². The molecule has 2 aromatic carbocycles. The first-order valence-electron chi connectivity index (χ1n) is 6.54. The quantitative estimate of drug-likeness (QED) is 0.896. The molecule has 2 amide bonds. The van der Waals surface area contributed by atoms with Crippen LogP contribution in [0.2, 0.25) is 0 Å². The Kier molecular flexibility index (Phi) is 4.74. The number of hydrogen-bond acceptors (Lipinski definition) is 2. The number of urea groups is 1. The molecule has 0 aliphatic carbocycles. The molecule has 0 fully saturated rings. The minimum atomic E-state index is -0.130. The van der Waals surface area contributed by atoms with Gasteiger partial charge in [-0.1, -0.05) is 42.5 Å². The average Bonchev–Trinajstić information content (AvgIpc) is 2.49. The third kappa shape index (κ3) is 3.83. The van der Waals surface area contributed by atoms with Gasteiger partial charge in [-0.15, -0.1) is 0 Å². The molecule has 0 heterocycles. The number of carbonyl (C=O) groups excluding carboxylic acids is 1. The molecule has 0 spiro atoms. The fourth-order valence-electron chi connectivity index (χ4n) is 1.87. The van der Waals surface area contributed by atoms with Gasteiger partial charge in [-0.2, -0.15) is 0 Å². The Hall–Kier alpha value is -2.33. The molecule has 2 rings (SSSR count). The molecule has 0 unspecified atom stereocenters. The van der Waals surface area contributed by atoms with E-state index in [-0.39, 0.29) is 6.03 Å². The second-order valence-electron chi connectivity index (χ2n) is 4.67. The minimum Gasteiger partial charge on any atom is -0.326 e. The van der Waals surface area contributed by atoms with Crippen LogP contribution in [0.1, 0.15) is 11.1 Å². The molecule has 104 valence electrons. The van der Waals surface area contributed by atoms with E-state index in [2.05, 4.69) is 5.32 Å². The Morgan fingerprint density at radius 2 is 1.70 bits per heavy atom. The average molecular weight is 269 g/mol. The summed E-state index contributed by atoms with van der Waals surface area (Å²) in [6, 6.07) is 17.3. The maximum Gasteiger partial charge on any atom is 0.321 e. The van der Waals surface area contributed by atoms with Crippen molar-refractivity contribution in [1.82, 2.24) is 4.90 Å². The van der Waals surface area contributed by atoms with Gasteiger partial charge in [0.05, 0.1) is 0 Å². The second-order valence-corrected chi connectivity index (χ2v) is 4.67. The van der Waals surface area contributed by atoms with Crippen molar-refractivity contribution in [3.8, 4) is 0 Å². The van der Waals surface area contributed by atoms with Crippen molar-refractivity contribution in [3.63, 3.8) is 0 Å². The highest BCUT2D eigenvalue weighted by Crippen LogP contribution is 2.10. The lowest BCUT2D eigenvalue weighted by molar-refractivity contribution is 0.220. The van der Waals surface area contributed by atoms with E-state index in [9.17, 15) is 4.79 Å². The molecule has 3 N–H and O–H groups in total. The van der Waals surface area contributed by atoms with Crippen LogP contribution in [0.25, 0.3) is 0 Å². The summed E-state index contributed by atoms with van der Waals surface area (Å²) in [7, 11) is 1.77. The number of nitrogens with one attached hydrogen (secondary N) is 1. The highest BCUT2D eigenvalue weighted by molar-refractivity contribution is 5.89. The van der Waals surface area contributed by atoms with Crippen LogP contribution in [0.15, 0.2) is 54.6 Å². The minimum absolute atomic E-state index is 0.130. The Labute approximate surface area is 119 Å². The summed E-state index contributed by atoms with van der Waals surface area (Å²) >= 11 is 0. The van der Waals surface area contributed by atoms with Gasteiger partial charge in [0.2, 0.25) is 0 Å². The molecule has 20 heavy (non-hydrogen) atoms. The summed E-state index contributed by atoms with van der Waals surface area (Å²) in [4.78, 5) is 13.7. The molecule has 0 aromatic heterocycles. The van der Waals surface area contributed by atoms with Crippen LogP contribution in [0.3, 0.4) is 0 Å². The molecular weight excluding hydrogens is 250 g/mol. The molecule has 4 heteroatoms. The summed E-state index contributed by atoms with van der Waals surface area (Å²) in [5.41, 5.74) is 8.45. The highest BCUT2D eigenvalue weighted by Gasteiger charge is 2.09. The Morgan fingerprint density at radius 1 is 1.05 bits per heavy atom. The van der Waals surface area contributed by atoms with Gasteiger partial charge in [0.15, 0.2) is 0 Å². The molecule has 0 saturated heterocycles. The summed E-state index contributed by atoms with van der Waals surface area (Å²) in [6.45, 7) is 1.08. The monoisotopic (exact) mass is 269 g/mol. The number of amides is 2. The molecular formula is C16H19N3O. The number of nitrogens with zero attached hydrogens (tertiary/aromatic N) is 1. The summed E-state index contributed by atoms with van der Waals surface area (Å²) < 4.78 is 0. The standard InChI is InChI=1S/C16H19N3O/c1-19(12-14-5-3-2-4-6-14)16(20)18-15-9-7-13(11-17)8-10-15/h2-10H,11-12,17H2,1H3,(H,18,20). The Morgan fingerprint density at radius 3 is 2.30 bits per heavy atom. The topological polar surface area (TPSA) is 58.4 Å². The second kappa shape index (κ2) is 6.73. The van der Waals surface area contributed by atoms with Crippen molar-refractivity contribution < 1.29 is 4.79 Å². The van der Waals surface area contributed by atoms with Gasteiger partial charge in [-0.05, 0) is 23.3 Å². The van der Waals surface area contributed by atoms with Crippen molar-refractivity contribution in [2.45, 2.75) is 13.1 Å². The van der Waals surface area contributed by atoms with E-state index in [1.807, 2.05) is 54.6 Å². The van der Waals surface area contributed by atoms with Gasteiger partial charge in [0, 0.05) is 25.8 Å². The molecule has 0 atom stereocenters. The van der Waals surface area contributed by atoms with E-state index in [0.29, 0.717) is 13.1 Å². The van der Waals surface area contributed by atoms with Crippen LogP contribution in [-0.4, -0.2) is 18.0 Å². The van der Waals surface area contributed by atoms with E-state index >= 15 is 0 Å². The number of rotatable bonds is 4. The van der Waals surface area contributed by atoms with E-state index in [1.54, 1.807) is 11.9 Å². The molecule has 0 aliphatic rings. The maximum absolute atomic E-state index is 12.1. The lowest BCUT2D eigenvalue weighted by Crippen LogP contribution is -2.30. The highest BCUT2D eigenvalue weighted by atomic mass is 16.2. The Balaban J connectivity index is 1.93. The van der Waals surface area contributed by atoms with Crippen molar-refractivity contribution in [1.29, 1.82) is 0 Å². The maximum atomic E-state index is 12.1. The predicted molar refractivity (Wildman–Crippen MR) is 81.3 cm³/mol. The number of benzene rings is 2. The predicted octanol–water partition coefficient (Wildman–Crippen LogP) is 2.81. The van der Waals surface area contributed by atoms with Crippen molar-refractivity contribution >= 4 is 11.7 Å². The van der Waals surface area contributed by atoms with Crippen LogP contribution in [0, 0.1) is 0 Å². The largest absolute Gasteiger partial charge is 0.326 e.